The highest BCUT2D eigenvalue weighted by Crippen LogP contribution is 1.94. The van der Waals surface area contributed by atoms with E-state index in [0.717, 1.165) is 39.4 Å². The molecule has 1 aliphatic heterocycles. The summed E-state index contributed by atoms with van der Waals surface area (Å²) in [4.78, 5) is 2.29. The van der Waals surface area contributed by atoms with Crippen LogP contribution in [0.2, 0.25) is 0 Å². The Morgan fingerprint density at radius 1 is 1.45 bits per heavy atom. The molecule has 5 nitrogen and oxygen atoms in total. The number of nitrogens with one attached hydrogen (secondary N) is 2. The summed E-state index contributed by atoms with van der Waals surface area (Å²) in [5.74, 6) is 0. The molecule has 0 radical (unpaired) electrons. The van der Waals surface area contributed by atoms with Gasteiger partial charge in [-0.15, -0.1) is 0 Å². The minimum Gasteiger partial charge on any atom is -0.379 e. The Kier molecular flexibility index (Phi) is 3.85. The second-order valence-corrected chi connectivity index (χ2v) is 2.47. The van der Waals surface area contributed by atoms with Crippen LogP contribution in [0.4, 0.5) is 0 Å². The second-order valence-electron chi connectivity index (χ2n) is 2.47. The lowest BCUT2D eigenvalue weighted by Gasteiger charge is -2.25. The molecule has 1 rings (SSSR count). The topological polar surface area (TPSA) is 60.7 Å². The quantitative estimate of drug-likeness (QED) is 0.340. The van der Waals surface area contributed by atoms with Crippen LogP contribution in [0.5, 0.6) is 0 Å². The molecule has 0 amide bonds. The van der Waals surface area contributed by atoms with Crippen LogP contribution in [0.15, 0.2) is 5.22 Å². The normalized spacial score (nSPS) is 19.6. The first-order chi connectivity index (χ1) is 5.43. The number of hydrogen-bond acceptors (Lipinski definition) is 4. The lowest BCUT2D eigenvalue weighted by atomic mass is 10.4. The minimum atomic E-state index is 0.753. The fourth-order valence-corrected chi connectivity index (χ4v) is 1.09. The molecule has 0 bridgehead atoms. The van der Waals surface area contributed by atoms with Gasteiger partial charge < -0.3 is 4.74 Å². The third-order valence-corrected chi connectivity index (χ3v) is 1.72. The molecule has 0 aromatic carbocycles. The molecule has 1 fully saturated rings. The smallest absolute Gasteiger partial charge is 0.0594 e. The summed E-state index contributed by atoms with van der Waals surface area (Å²) in [6.07, 6.45) is 0. The summed E-state index contributed by atoms with van der Waals surface area (Å²) >= 11 is 0. The molecule has 0 atom stereocenters. The van der Waals surface area contributed by atoms with E-state index in [1.807, 2.05) is 0 Å². The molecule has 0 saturated carbocycles. The second kappa shape index (κ2) is 5.03. The molecule has 0 spiro atoms. The highest BCUT2D eigenvalue weighted by atomic mass is 16.5. The molecule has 11 heavy (non-hydrogen) atoms. The van der Waals surface area contributed by atoms with E-state index in [9.17, 15) is 0 Å². The lowest BCUT2D eigenvalue weighted by molar-refractivity contribution is 0.0384. The zero-order valence-electron chi connectivity index (χ0n) is 6.55. The summed E-state index contributed by atoms with van der Waals surface area (Å²) in [7, 11) is 0. The summed E-state index contributed by atoms with van der Waals surface area (Å²) in [6.45, 7) is 5.37. The van der Waals surface area contributed by atoms with Crippen LogP contribution in [0.25, 0.3) is 0 Å². The van der Waals surface area contributed by atoms with Crippen LogP contribution >= 0.6 is 0 Å². The first-order valence-electron chi connectivity index (χ1n) is 3.83. The van der Waals surface area contributed by atoms with Crippen molar-refractivity contribution >= 4 is 0 Å². The van der Waals surface area contributed by atoms with Crippen LogP contribution in [0, 0.1) is 5.53 Å². The molecule has 64 valence electrons. The minimum absolute atomic E-state index is 0.753. The van der Waals surface area contributed by atoms with Gasteiger partial charge >= 0.3 is 0 Å². The van der Waals surface area contributed by atoms with Gasteiger partial charge in [0.25, 0.3) is 0 Å². The number of ether oxygens (including phenoxy) is 1. The summed E-state index contributed by atoms with van der Waals surface area (Å²) in [5, 5.41) is 3.06. The highest BCUT2D eigenvalue weighted by Gasteiger charge is 2.08. The van der Waals surface area contributed by atoms with E-state index in [-0.39, 0.29) is 0 Å². The first kappa shape index (κ1) is 8.42. The van der Waals surface area contributed by atoms with Crippen molar-refractivity contribution in [3.8, 4) is 0 Å². The molecule has 0 aromatic heterocycles. The third-order valence-electron chi connectivity index (χ3n) is 1.72. The van der Waals surface area contributed by atoms with E-state index in [0.29, 0.717) is 0 Å². The Labute approximate surface area is 66.2 Å². The maximum Gasteiger partial charge on any atom is 0.0594 e. The lowest BCUT2D eigenvalue weighted by Crippen LogP contribution is -2.39. The molecule has 0 aliphatic carbocycles. The average molecular weight is 158 g/mol. The Hall–Kier alpha value is -0.680. The van der Waals surface area contributed by atoms with Gasteiger partial charge in [0.05, 0.1) is 13.2 Å². The first-order valence-corrected chi connectivity index (χ1v) is 3.83. The number of rotatable bonds is 4. The Balaban J connectivity index is 2.00. The fraction of sp³-hybridized carbons (Fsp3) is 1.00. The van der Waals surface area contributed by atoms with Crippen LogP contribution in [-0.2, 0) is 4.74 Å². The van der Waals surface area contributed by atoms with E-state index in [4.69, 9.17) is 10.3 Å². The van der Waals surface area contributed by atoms with E-state index < -0.39 is 0 Å². The molecule has 0 aromatic rings. The Morgan fingerprint density at radius 3 is 2.82 bits per heavy atom. The molecule has 0 unspecified atom stereocenters. The maximum atomic E-state index is 6.49. The number of nitrogens with zero attached hydrogens (tertiary/aromatic N) is 2. The number of morpholine rings is 1. The van der Waals surface area contributed by atoms with E-state index in [2.05, 4.69) is 15.5 Å². The summed E-state index contributed by atoms with van der Waals surface area (Å²) in [6, 6.07) is 0. The van der Waals surface area contributed by atoms with Crippen molar-refractivity contribution in [3.05, 3.63) is 0 Å². The standard InChI is InChI=1S/C6H14N4O/c7-9-8-1-2-10-3-5-11-6-4-10/h1-6H2,(H2,7,8). The van der Waals surface area contributed by atoms with Gasteiger partial charge in [0.1, 0.15) is 0 Å². The van der Waals surface area contributed by atoms with Gasteiger partial charge in [-0.3, -0.25) is 10.3 Å². The Bertz CT molecular complexity index is 113. The molecule has 5 heteroatoms. The van der Waals surface area contributed by atoms with E-state index in [1.165, 1.54) is 0 Å². The molecule has 1 saturated heterocycles. The van der Waals surface area contributed by atoms with Crippen molar-refractivity contribution in [2.45, 2.75) is 0 Å². The predicted octanol–water partition coefficient (Wildman–Crippen LogP) is -0.146. The average Bonchev–Trinajstić information content (AvgIpc) is 2.07. The van der Waals surface area contributed by atoms with Crippen molar-refractivity contribution in [2.24, 2.45) is 5.22 Å². The van der Waals surface area contributed by atoms with Crippen molar-refractivity contribution in [1.82, 2.24) is 10.3 Å². The van der Waals surface area contributed by atoms with Crippen molar-refractivity contribution in [1.29, 1.82) is 5.53 Å². The van der Waals surface area contributed by atoms with Gasteiger partial charge in [0, 0.05) is 26.2 Å². The Morgan fingerprint density at radius 2 is 2.18 bits per heavy atom. The van der Waals surface area contributed by atoms with Crippen LogP contribution in [-0.4, -0.2) is 44.3 Å². The zero-order chi connectivity index (χ0) is 7.94. The molecule has 1 aliphatic rings. The fourth-order valence-electron chi connectivity index (χ4n) is 1.09. The van der Waals surface area contributed by atoms with Crippen molar-refractivity contribution in [3.63, 3.8) is 0 Å². The summed E-state index contributed by atoms with van der Waals surface area (Å²) < 4.78 is 5.18. The molecular weight excluding hydrogens is 144 g/mol. The SMILES string of the molecule is N=NNCCN1CCOCC1. The van der Waals surface area contributed by atoms with Gasteiger partial charge in [-0.05, 0) is 0 Å². The largest absolute Gasteiger partial charge is 0.379 e. The van der Waals surface area contributed by atoms with E-state index >= 15 is 0 Å². The van der Waals surface area contributed by atoms with Gasteiger partial charge in [-0.25, -0.2) is 0 Å². The predicted molar refractivity (Wildman–Crippen MR) is 40.4 cm³/mol. The van der Waals surface area contributed by atoms with Crippen molar-refractivity contribution < 1.29 is 4.74 Å². The molecular formula is C6H14N4O. The monoisotopic (exact) mass is 158 g/mol. The maximum absolute atomic E-state index is 6.49. The zero-order valence-corrected chi connectivity index (χ0v) is 6.55. The van der Waals surface area contributed by atoms with Crippen LogP contribution in [0.1, 0.15) is 0 Å². The van der Waals surface area contributed by atoms with Gasteiger partial charge in [0.15, 0.2) is 0 Å². The molecule has 1 heterocycles. The van der Waals surface area contributed by atoms with Crippen LogP contribution < -0.4 is 5.43 Å². The number of hydrogen-bond donors (Lipinski definition) is 2. The third kappa shape index (κ3) is 3.29. The van der Waals surface area contributed by atoms with Crippen LogP contribution in [0.3, 0.4) is 0 Å². The molecule has 2 N–H and O–H groups in total. The van der Waals surface area contributed by atoms with Gasteiger partial charge in [-0.2, -0.15) is 5.53 Å². The van der Waals surface area contributed by atoms with E-state index in [1.54, 1.807) is 0 Å². The van der Waals surface area contributed by atoms with Crippen molar-refractivity contribution in [2.75, 3.05) is 39.4 Å². The highest BCUT2D eigenvalue weighted by molar-refractivity contribution is 4.61. The van der Waals surface area contributed by atoms with Gasteiger partial charge in [-0.1, -0.05) is 5.22 Å². The summed E-state index contributed by atoms with van der Waals surface area (Å²) in [5.41, 5.74) is 9.10. The van der Waals surface area contributed by atoms with Gasteiger partial charge in [0.2, 0.25) is 0 Å².